The van der Waals surface area contributed by atoms with Gasteiger partial charge in [0.15, 0.2) is 0 Å². The number of aromatic nitrogens is 6. The molecule has 0 aliphatic carbocycles. The SMILES string of the molecule is O=c1[nH]c(CN2CCN(c3nnnn3-c3ccccc3)CC2)nc2ccc(Cl)cc12. The lowest BCUT2D eigenvalue weighted by Crippen LogP contribution is -2.47. The first kappa shape index (κ1) is 18.7. The number of H-pyrrole nitrogens is 1. The van der Waals surface area contributed by atoms with Gasteiger partial charge < -0.3 is 9.88 Å². The van der Waals surface area contributed by atoms with Gasteiger partial charge in [-0.05, 0) is 40.8 Å². The van der Waals surface area contributed by atoms with Crippen LogP contribution in [0.2, 0.25) is 5.02 Å². The molecule has 0 spiro atoms. The van der Waals surface area contributed by atoms with Gasteiger partial charge in [0.25, 0.3) is 5.56 Å². The first-order valence-corrected chi connectivity index (χ1v) is 10.0. The summed E-state index contributed by atoms with van der Waals surface area (Å²) in [6.45, 7) is 3.75. The quantitative estimate of drug-likeness (QED) is 0.536. The largest absolute Gasteiger partial charge is 0.337 e. The van der Waals surface area contributed by atoms with Crippen LogP contribution < -0.4 is 10.5 Å². The number of anilines is 1. The summed E-state index contributed by atoms with van der Waals surface area (Å²) in [5.74, 6) is 1.38. The van der Waals surface area contributed by atoms with E-state index in [2.05, 4.69) is 35.3 Å². The maximum Gasteiger partial charge on any atom is 0.258 e. The van der Waals surface area contributed by atoms with Gasteiger partial charge in [-0.15, -0.1) is 0 Å². The predicted molar refractivity (Wildman–Crippen MR) is 114 cm³/mol. The monoisotopic (exact) mass is 422 g/mol. The van der Waals surface area contributed by atoms with E-state index in [-0.39, 0.29) is 5.56 Å². The molecule has 2 aromatic carbocycles. The summed E-state index contributed by atoms with van der Waals surface area (Å²) in [5, 5.41) is 13.2. The number of hydrogen-bond donors (Lipinski definition) is 1. The predicted octanol–water partition coefficient (Wildman–Crippen LogP) is 1.87. The van der Waals surface area contributed by atoms with Gasteiger partial charge >= 0.3 is 0 Å². The third kappa shape index (κ3) is 3.64. The van der Waals surface area contributed by atoms with Gasteiger partial charge in [-0.25, -0.2) is 4.98 Å². The number of tetrazole rings is 1. The molecule has 10 heteroatoms. The van der Waals surface area contributed by atoms with E-state index < -0.39 is 0 Å². The number of aromatic amines is 1. The molecule has 4 aromatic rings. The van der Waals surface area contributed by atoms with E-state index >= 15 is 0 Å². The van der Waals surface area contributed by atoms with Crippen LogP contribution in [0.5, 0.6) is 0 Å². The normalized spacial score (nSPS) is 15.0. The molecular weight excluding hydrogens is 404 g/mol. The van der Waals surface area contributed by atoms with Gasteiger partial charge in [-0.1, -0.05) is 34.9 Å². The molecule has 0 saturated carbocycles. The van der Waals surface area contributed by atoms with Crippen molar-refractivity contribution in [3.8, 4) is 5.69 Å². The lowest BCUT2D eigenvalue weighted by molar-refractivity contribution is 0.242. The Morgan fingerprint density at radius 2 is 1.83 bits per heavy atom. The third-order valence-electron chi connectivity index (χ3n) is 5.20. The molecule has 5 rings (SSSR count). The van der Waals surface area contributed by atoms with Crippen molar-refractivity contribution in [1.82, 2.24) is 35.1 Å². The molecule has 0 amide bonds. The van der Waals surface area contributed by atoms with Gasteiger partial charge in [0, 0.05) is 31.2 Å². The van der Waals surface area contributed by atoms with E-state index in [0.717, 1.165) is 37.8 Å². The van der Waals surface area contributed by atoms with Crippen LogP contribution in [-0.4, -0.2) is 61.3 Å². The van der Waals surface area contributed by atoms with Gasteiger partial charge in [-0.3, -0.25) is 9.69 Å². The fourth-order valence-electron chi connectivity index (χ4n) is 3.67. The third-order valence-corrected chi connectivity index (χ3v) is 5.43. The van der Waals surface area contributed by atoms with Crippen molar-refractivity contribution in [3.63, 3.8) is 0 Å². The molecule has 0 atom stereocenters. The molecule has 1 aliphatic heterocycles. The molecule has 9 nitrogen and oxygen atoms in total. The number of nitrogens with one attached hydrogen (secondary N) is 1. The van der Waals surface area contributed by atoms with Crippen LogP contribution in [0.25, 0.3) is 16.6 Å². The van der Waals surface area contributed by atoms with E-state index in [1.54, 1.807) is 22.9 Å². The first-order valence-electron chi connectivity index (χ1n) is 9.67. The molecule has 1 fully saturated rings. The smallest absolute Gasteiger partial charge is 0.258 e. The Balaban J connectivity index is 1.28. The minimum absolute atomic E-state index is 0.168. The van der Waals surface area contributed by atoms with Crippen molar-refractivity contribution in [2.45, 2.75) is 6.54 Å². The average molecular weight is 423 g/mol. The molecule has 0 radical (unpaired) electrons. The van der Waals surface area contributed by atoms with Gasteiger partial charge in [0.05, 0.1) is 23.1 Å². The summed E-state index contributed by atoms with van der Waals surface area (Å²) in [7, 11) is 0. The molecular formula is C20H19ClN8O. The zero-order valence-electron chi connectivity index (χ0n) is 16.1. The highest BCUT2D eigenvalue weighted by Crippen LogP contribution is 2.18. The number of hydrogen-bond acceptors (Lipinski definition) is 7. The zero-order chi connectivity index (χ0) is 20.5. The van der Waals surface area contributed by atoms with Crippen LogP contribution in [0.15, 0.2) is 53.3 Å². The first-order chi connectivity index (χ1) is 14.7. The summed E-state index contributed by atoms with van der Waals surface area (Å²) in [6, 6.07) is 15.0. The van der Waals surface area contributed by atoms with Gasteiger partial charge in [0.1, 0.15) is 5.82 Å². The Morgan fingerprint density at radius 3 is 2.63 bits per heavy atom. The number of piperazine rings is 1. The van der Waals surface area contributed by atoms with Crippen molar-refractivity contribution in [2.24, 2.45) is 0 Å². The van der Waals surface area contributed by atoms with E-state index in [4.69, 9.17) is 11.6 Å². The zero-order valence-corrected chi connectivity index (χ0v) is 16.8. The summed E-state index contributed by atoms with van der Waals surface area (Å²) in [5.41, 5.74) is 1.41. The van der Waals surface area contributed by atoms with Gasteiger partial charge in [0.2, 0.25) is 5.95 Å². The molecule has 1 saturated heterocycles. The number of benzene rings is 2. The molecule has 0 unspecified atom stereocenters. The highest BCUT2D eigenvalue weighted by molar-refractivity contribution is 6.31. The highest BCUT2D eigenvalue weighted by atomic mass is 35.5. The Labute approximate surface area is 176 Å². The minimum Gasteiger partial charge on any atom is -0.337 e. The second-order valence-corrected chi connectivity index (χ2v) is 7.60. The summed E-state index contributed by atoms with van der Waals surface area (Å²) in [6.07, 6.45) is 0. The van der Waals surface area contributed by atoms with Crippen LogP contribution >= 0.6 is 11.6 Å². The van der Waals surface area contributed by atoms with Crippen molar-refractivity contribution >= 4 is 28.5 Å². The number of halogens is 1. The maximum absolute atomic E-state index is 12.4. The second kappa shape index (κ2) is 7.85. The summed E-state index contributed by atoms with van der Waals surface area (Å²) < 4.78 is 1.75. The topological polar surface area (TPSA) is 95.8 Å². The van der Waals surface area contributed by atoms with E-state index in [0.29, 0.717) is 28.3 Å². The maximum atomic E-state index is 12.4. The van der Waals surface area contributed by atoms with Crippen LogP contribution in [0.3, 0.4) is 0 Å². The lowest BCUT2D eigenvalue weighted by atomic mass is 10.2. The fourth-order valence-corrected chi connectivity index (χ4v) is 3.84. The number of rotatable bonds is 4. The Hall–Kier alpha value is -3.30. The standard InChI is InChI=1S/C20H19ClN8O/c21-14-6-7-17-16(12-14)19(30)23-18(22-17)13-27-8-10-28(11-9-27)20-24-25-26-29(20)15-4-2-1-3-5-15/h1-7,12H,8-11,13H2,(H,22,23,30). The van der Waals surface area contributed by atoms with E-state index in [1.165, 1.54) is 0 Å². The fraction of sp³-hybridized carbons (Fsp3) is 0.250. The van der Waals surface area contributed by atoms with Crippen LogP contribution in [0.4, 0.5) is 5.95 Å². The summed E-state index contributed by atoms with van der Waals surface area (Å²) in [4.78, 5) is 24.3. The summed E-state index contributed by atoms with van der Waals surface area (Å²) >= 11 is 5.98. The Morgan fingerprint density at radius 1 is 1.03 bits per heavy atom. The van der Waals surface area contributed by atoms with E-state index in [1.807, 2.05) is 30.3 Å². The number of nitrogens with zero attached hydrogens (tertiary/aromatic N) is 7. The van der Waals surface area contributed by atoms with Crippen molar-refractivity contribution in [3.05, 3.63) is 69.7 Å². The molecule has 152 valence electrons. The van der Waals surface area contributed by atoms with Crippen LogP contribution in [0, 0.1) is 0 Å². The lowest BCUT2D eigenvalue weighted by Gasteiger charge is -2.34. The second-order valence-electron chi connectivity index (χ2n) is 7.16. The Kier molecular flexibility index (Phi) is 4.89. The van der Waals surface area contributed by atoms with Crippen molar-refractivity contribution in [1.29, 1.82) is 0 Å². The number of para-hydroxylation sites is 1. The molecule has 2 aromatic heterocycles. The van der Waals surface area contributed by atoms with Crippen molar-refractivity contribution in [2.75, 3.05) is 31.1 Å². The van der Waals surface area contributed by atoms with Crippen molar-refractivity contribution < 1.29 is 0 Å². The molecule has 1 N–H and O–H groups in total. The molecule has 3 heterocycles. The molecule has 0 bridgehead atoms. The highest BCUT2D eigenvalue weighted by Gasteiger charge is 2.23. The van der Waals surface area contributed by atoms with Gasteiger partial charge in [-0.2, -0.15) is 4.68 Å². The average Bonchev–Trinajstić information content (AvgIpc) is 3.25. The minimum atomic E-state index is -0.168. The Bertz CT molecular complexity index is 1230. The molecule has 30 heavy (non-hydrogen) atoms. The van der Waals surface area contributed by atoms with E-state index in [9.17, 15) is 4.79 Å². The van der Waals surface area contributed by atoms with Crippen LogP contribution in [-0.2, 0) is 6.54 Å². The molecule has 1 aliphatic rings. The van der Waals surface area contributed by atoms with Crippen LogP contribution in [0.1, 0.15) is 5.82 Å². The number of fused-ring (bicyclic) bond motifs is 1.